The molecule has 1 nitrogen and oxygen atoms in total. The van der Waals surface area contributed by atoms with E-state index in [4.69, 9.17) is 16.3 Å². The second-order valence-electron chi connectivity index (χ2n) is 2.83. The predicted molar refractivity (Wildman–Crippen MR) is 60.4 cm³/mol. The average Bonchev–Trinajstić information content (AvgIpc) is 2.65. The zero-order valence-corrected chi connectivity index (χ0v) is 10.1. The van der Waals surface area contributed by atoms with Crippen molar-refractivity contribution in [1.29, 1.82) is 0 Å². The van der Waals surface area contributed by atoms with Crippen molar-refractivity contribution >= 4 is 26.1 Å². The van der Waals surface area contributed by atoms with Crippen molar-refractivity contribution in [3.8, 4) is 15.8 Å². The SMILES string of the molecule is COc1ccc(-c2[se]ccc2Cl)cc1. The van der Waals surface area contributed by atoms with Gasteiger partial charge in [0.15, 0.2) is 0 Å². The van der Waals surface area contributed by atoms with Gasteiger partial charge in [-0.05, 0) is 0 Å². The second kappa shape index (κ2) is 4.22. The van der Waals surface area contributed by atoms with Gasteiger partial charge in [0, 0.05) is 0 Å². The van der Waals surface area contributed by atoms with Gasteiger partial charge in [-0.2, -0.15) is 0 Å². The van der Waals surface area contributed by atoms with Crippen LogP contribution in [0.5, 0.6) is 5.75 Å². The van der Waals surface area contributed by atoms with Crippen molar-refractivity contribution in [3.63, 3.8) is 0 Å². The molecule has 0 radical (unpaired) electrons. The van der Waals surface area contributed by atoms with E-state index in [1.54, 1.807) is 7.11 Å². The van der Waals surface area contributed by atoms with Crippen LogP contribution in [0.25, 0.3) is 10.0 Å². The van der Waals surface area contributed by atoms with E-state index in [1.165, 1.54) is 10.0 Å². The van der Waals surface area contributed by atoms with E-state index in [1.807, 2.05) is 30.3 Å². The molecule has 0 saturated carbocycles. The van der Waals surface area contributed by atoms with E-state index in [0.717, 1.165) is 10.8 Å². The van der Waals surface area contributed by atoms with E-state index in [-0.39, 0.29) is 0 Å². The standard InChI is InChI=1S/C11H9ClOSe/c1-13-9-4-2-8(3-5-9)11-10(12)6-7-14-11/h2-7H,1H3. The van der Waals surface area contributed by atoms with Crippen molar-refractivity contribution in [2.24, 2.45) is 0 Å². The molecule has 1 aromatic heterocycles. The summed E-state index contributed by atoms with van der Waals surface area (Å²) in [6, 6.07) is 9.99. The van der Waals surface area contributed by atoms with Crippen LogP contribution in [-0.4, -0.2) is 21.6 Å². The van der Waals surface area contributed by atoms with Crippen molar-refractivity contribution in [3.05, 3.63) is 40.3 Å². The fraction of sp³-hybridized carbons (Fsp3) is 0.0909. The fourth-order valence-corrected chi connectivity index (χ4v) is 3.48. The average molecular weight is 272 g/mol. The molecule has 2 rings (SSSR count). The molecular weight excluding hydrogens is 263 g/mol. The maximum atomic E-state index is 6.06. The topological polar surface area (TPSA) is 9.23 Å². The van der Waals surface area contributed by atoms with Gasteiger partial charge in [0.05, 0.1) is 0 Å². The van der Waals surface area contributed by atoms with Gasteiger partial charge in [0.2, 0.25) is 0 Å². The third-order valence-corrected chi connectivity index (χ3v) is 4.56. The third kappa shape index (κ3) is 1.88. The first kappa shape index (κ1) is 9.85. The van der Waals surface area contributed by atoms with Gasteiger partial charge in [-0.25, -0.2) is 0 Å². The maximum absolute atomic E-state index is 6.06. The summed E-state index contributed by atoms with van der Waals surface area (Å²) in [6.07, 6.45) is 0. The van der Waals surface area contributed by atoms with Crippen molar-refractivity contribution < 1.29 is 4.74 Å². The van der Waals surface area contributed by atoms with Crippen LogP contribution in [0.4, 0.5) is 0 Å². The van der Waals surface area contributed by atoms with Gasteiger partial charge < -0.3 is 0 Å². The monoisotopic (exact) mass is 272 g/mol. The Morgan fingerprint density at radius 2 is 1.86 bits per heavy atom. The van der Waals surface area contributed by atoms with E-state index in [9.17, 15) is 0 Å². The first-order valence-electron chi connectivity index (χ1n) is 4.18. The summed E-state index contributed by atoms with van der Waals surface area (Å²) >= 11 is 6.44. The van der Waals surface area contributed by atoms with Gasteiger partial charge >= 0.3 is 94.0 Å². The van der Waals surface area contributed by atoms with Crippen LogP contribution in [0.2, 0.25) is 5.02 Å². The zero-order valence-electron chi connectivity index (χ0n) is 7.66. The molecule has 0 N–H and O–H groups in total. The Bertz CT molecular complexity index is 419. The predicted octanol–water partition coefficient (Wildman–Crippen LogP) is 3.07. The molecule has 3 heteroatoms. The summed E-state index contributed by atoms with van der Waals surface area (Å²) in [7, 11) is 1.67. The molecule has 1 aromatic carbocycles. The summed E-state index contributed by atoms with van der Waals surface area (Å²) < 4.78 is 6.35. The number of hydrogen-bond acceptors (Lipinski definition) is 1. The summed E-state index contributed by atoms with van der Waals surface area (Å²) in [4.78, 5) is 2.13. The number of benzene rings is 1. The van der Waals surface area contributed by atoms with Crippen molar-refractivity contribution in [1.82, 2.24) is 0 Å². The number of rotatable bonds is 2. The van der Waals surface area contributed by atoms with E-state index in [2.05, 4.69) is 4.94 Å². The van der Waals surface area contributed by atoms with Crippen LogP contribution in [0.15, 0.2) is 35.3 Å². The van der Waals surface area contributed by atoms with Crippen LogP contribution in [0, 0.1) is 0 Å². The molecular formula is C11H9ClOSe. The van der Waals surface area contributed by atoms with Gasteiger partial charge in [-0.1, -0.05) is 0 Å². The van der Waals surface area contributed by atoms with Crippen LogP contribution in [0.3, 0.4) is 0 Å². The minimum atomic E-state index is 0.381. The minimum absolute atomic E-state index is 0.381. The Balaban J connectivity index is 2.39. The molecule has 0 fully saturated rings. The number of ether oxygens (including phenoxy) is 1. The van der Waals surface area contributed by atoms with Gasteiger partial charge in [0.25, 0.3) is 0 Å². The summed E-state index contributed by atoms with van der Waals surface area (Å²) in [5, 5.41) is 0.871. The molecule has 0 aliphatic carbocycles. The van der Waals surface area contributed by atoms with Gasteiger partial charge in [-0.3, -0.25) is 0 Å². The summed E-state index contributed by atoms with van der Waals surface area (Å²) in [5.74, 6) is 0.879. The Kier molecular flexibility index (Phi) is 2.97. The second-order valence-corrected chi connectivity index (χ2v) is 5.16. The molecule has 0 unspecified atom stereocenters. The first-order chi connectivity index (χ1) is 6.81. The van der Waals surface area contributed by atoms with E-state index in [0.29, 0.717) is 14.5 Å². The van der Waals surface area contributed by atoms with Crippen LogP contribution >= 0.6 is 11.6 Å². The Labute approximate surface area is 94.0 Å². The van der Waals surface area contributed by atoms with Gasteiger partial charge in [0.1, 0.15) is 0 Å². The van der Waals surface area contributed by atoms with Crippen LogP contribution in [0.1, 0.15) is 0 Å². The van der Waals surface area contributed by atoms with E-state index < -0.39 is 0 Å². The summed E-state index contributed by atoms with van der Waals surface area (Å²) in [6.45, 7) is 0. The fourth-order valence-electron chi connectivity index (χ4n) is 1.24. The normalized spacial score (nSPS) is 10.1. The molecule has 0 aliphatic heterocycles. The summed E-state index contributed by atoms with van der Waals surface area (Å²) in [5.41, 5.74) is 1.20. The molecule has 14 heavy (non-hydrogen) atoms. The number of halogens is 1. The molecule has 72 valence electrons. The van der Waals surface area contributed by atoms with Crippen LogP contribution in [-0.2, 0) is 0 Å². The molecule has 0 spiro atoms. The Morgan fingerprint density at radius 3 is 2.36 bits per heavy atom. The van der Waals surface area contributed by atoms with Crippen LogP contribution < -0.4 is 4.74 Å². The van der Waals surface area contributed by atoms with E-state index >= 15 is 0 Å². The van der Waals surface area contributed by atoms with Gasteiger partial charge in [-0.15, -0.1) is 0 Å². The Hall–Kier alpha value is -0.691. The molecule has 0 bridgehead atoms. The molecule has 0 saturated heterocycles. The molecule has 2 aromatic rings. The zero-order chi connectivity index (χ0) is 9.97. The van der Waals surface area contributed by atoms with Crippen molar-refractivity contribution in [2.45, 2.75) is 0 Å². The quantitative estimate of drug-likeness (QED) is 0.763. The van der Waals surface area contributed by atoms with Crippen molar-refractivity contribution in [2.75, 3.05) is 7.11 Å². The molecule has 0 amide bonds. The first-order valence-corrected chi connectivity index (χ1v) is 6.41. The molecule has 1 heterocycles. The Morgan fingerprint density at radius 1 is 1.14 bits per heavy atom. The number of methoxy groups -OCH3 is 1. The number of hydrogen-bond donors (Lipinski definition) is 0. The third-order valence-electron chi connectivity index (χ3n) is 1.97. The molecule has 0 atom stereocenters. The molecule has 0 aliphatic rings.